The summed E-state index contributed by atoms with van der Waals surface area (Å²) in [5, 5.41) is 10.9. The molecule has 1 fully saturated rings. The van der Waals surface area contributed by atoms with Gasteiger partial charge >= 0.3 is 0 Å². The molecule has 1 amide bonds. The van der Waals surface area contributed by atoms with E-state index in [4.69, 9.17) is 27.5 Å². The average molecular weight is 512 g/mol. The topological polar surface area (TPSA) is 114 Å². The molecule has 9 heteroatoms. The first-order chi connectivity index (χ1) is 17.4. The van der Waals surface area contributed by atoms with E-state index in [-0.39, 0.29) is 10.7 Å². The van der Waals surface area contributed by atoms with E-state index in [0.717, 1.165) is 49.9 Å². The third-order valence-corrected chi connectivity index (χ3v) is 6.17. The maximum absolute atomic E-state index is 14.1. The van der Waals surface area contributed by atoms with Crippen LogP contribution in [0.3, 0.4) is 0 Å². The molecule has 1 aliphatic heterocycles. The number of fused-ring (bicyclic) bond motifs is 1. The Kier molecular flexibility index (Phi) is 9.90. The van der Waals surface area contributed by atoms with Gasteiger partial charge in [-0.15, -0.1) is 0 Å². The predicted octanol–water partition coefficient (Wildman–Crippen LogP) is 5.38. The van der Waals surface area contributed by atoms with Gasteiger partial charge in [0.2, 0.25) is 0 Å². The third kappa shape index (κ3) is 6.86. The zero-order valence-electron chi connectivity index (χ0n) is 20.4. The number of nitrogens with zero attached hydrogens (tertiary/aromatic N) is 2. The fraction of sp³-hybridized carbons (Fsp3) is 0.333. The zero-order chi connectivity index (χ0) is 26.1. The second-order valence-corrected chi connectivity index (χ2v) is 8.64. The lowest BCUT2D eigenvalue weighted by molar-refractivity contribution is 0.0660. The summed E-state index contributed by atoms with van der Waals surface area (Å²) in [7, 11) is 0. The van der Waals surface area contributed by atoms with Crippen molar-refractivity contribution < 1.29 is 13.9 Å². The Balaban J connectivity index is 0.00000176. The maximum Gasteiger partial charge on any atom is 0.252 e. The Morgan fingerprint density at radius 3 is 2.72 bits per heavy atom. The summed E-state index contributed by atoms with van der Waals surface area (Å²) < 4.78 is 19.5. The van der Waals surface area contributed by atoms with Crippen molar-refractivity contribution in [3.05, 3.63) is 82.2 Å². The van der Waals surface area contributed by atoms with Gasteiger partial charge in [0.1, 0.15) is 11.6 Å². The number of nitrogens with one attached hydrogen (secondary N) is 2. The van der Waals surface area contributed by atoms with Gasteiger partial charge in [-0.05, 0) is 54.7 Å². The largest absolute Gasteiger partial charge is 0.400 e. The quantitative estimate of drug-likeness (QED) is 0.368. The molecule has 4 rings (SSSR count). The number of aromatic nitrogens is 2. The van der Waals surface area contributed by atoms with Crippen LogP contribution in [0.4, 0.5) is 4.39 Å². The van der Waals surface area contributed by atoms with Crippen LogP contribution in [0.1, 0.15) is 54.5 Å². The summed E-state index contributed by atoms with van der Waals surface area (Å²) in [4.78, 5) is 22.3. The minimum Gasteiger partial charge on any atom is -0.400 e. The van der Waals surface area contributed by atoms with Crippen LogP contribution >= 0.6 is 11.6 Å². The fourth-order valence-electron chi connectivity index (χ4n) is 3.97. The molecule has 0 unspecified atom stereocenters. The lowest BCUT2D eigenvalue weighted by atomic mass is 9.96. The number of carbonyl (C=O) groups excluding carboxylic acids is 1. The van der Waals surface area contributed by atoms with Crippen molar-refractivity contribution in [1.82, 2.24) is 15.3 Å². The summed E-state index contributed by atoms with van der Waals surface area (Å²) in [6, 6.07) is 8.52. The van der Waals surface area contributed by atoms with E-state index in [1.54, 1.807) is 30.5 Å². The summed E-state index contributed by atoms with van der Waals surface area (Å²) >= 11 is 5.79. The zero-order valence-corrected chi connectivity index (χ0v) is 21.2. The van der Waals surface area contributed by atoms with E-state index in [0.29, 0.717) is 22.6 Å². The minimum absolute atomic E-state index is 0.0331. The molecular formula is C27H31ClFN5O2. The van der Waals surface area contributed by atoms with Crippen molar-refractivity contribution in [2.75, 3.05) is 13.2 Å². The van der Waals surface area contributed by atoms with Crippen molar-refractivity contribution in [2.45, 2.75) is 39.2 Å². The van der Waals surface area contributed by atoms with Gasteiger partial charge in [0.05, 0.1) is 16.6 Å². The molecular weight excluding hydrogens is 481 g/mol. The highest BCUT2D eigenvalue weighted by Gasteiger charge is 2.20. The Morgan fingerprint density at radius 2 is 2.03 bits per heavy atom. The smallest absolute Gasteiger partial charge is 0.252 e. The summed E-state index contributed by atoms with van der Waals surface area (Å²) in [6.45, 7) is 5.52. The van der Waals surface area contributed by atoms with Crippen molar-refractivity contribution in [1.29, 1.82) is 5.41 Å². The van der Waals surface area contributed by atoms with Crippen molar-refractivity contribution in [3.8, 4) is 0 Å². The van der Waals surface area contributed by atoms with E-state index < -0.39 is 17.8 Å². The number of rotatable bonds is 7. The second kappa shape index (κ2) is 13.1. The highest BCUT2D eigenvalue weighted by molar-refractivity contribution is 6.30. The maximum atomic E-state index is 14.1. The van der Waals surface area contributed by atoms with E-state index in [9.17, 15) is 9.18 Å². The first kappa shape index (κ1) is 27.2. The Bertz CT molecular complexity index is 1240. The molecule has 1 aromatic heterocycles. The highest BCUT2D eigenvalue weighted by Crippen LogP contribution is 2.25. The molecule has 3 aromatic rings. The summed E-state index contributed by atoms with van der Waals surface area (Å²) in [5.74, 6) is 0.195. The SMILES string of the molecule is CC.N=CC=C(N)[C@@H](NC(=O)c1ccc2cnc(CC3CCOCC3)nc2c1)c1ccc(Cl)c(F)c1. The fourth-order valence-corrected chi connectivity index (χ4v) is 4.09. The van der Waals surface area contributed by atoms with Crippen molar-refractivity contribution >= 4 is 34.6 Å². The van der Waals surface area contributed by atoms with Crippen LogP contribution in [0.15, 0.2) is 54.4 Å². The number of amides is 1. The van der Waals surface area contributed by atoms with Gasteiger partial charge in [0.25, 0.3) is 5.91 Å². The molecule has 2 aromatic carbocycles. The van der Waals surface area contributed by atoms with Gasteiger partial charge in [0.15, 0.2) is 0 Å². The molecule has 2 heterocycles. The molecule has 1 atom stereocenters. The number of hydrogen-bond donors (Lipinski definition) is 3. The predicted molar refractivity (Wildman–Crippen MR) is 141 cm³/mol. The lowest BCUT2D eigenvalue weighted by Crippen LogP contribution is -2.32. The van der Waals surface area contributed by atoms with E-state index >= 15 is 0 Å². The standard InChI is InChI=1S/C25H25ClFN5O2.C2H6/c26-19-4-3-16(12-20(19)27)24(21(29)5-8-28)32-25(33)17-1-2-18-14-30-23(31-22(18)13-17)11-15-6-9-34-10-7-15;1-2/h1-5,8,12-15,24,28H,6-7,9-11,29H2,(H,32,33);1-2H3/t24-;/m0./s1. The van der Waals surface area contributed by atoms with Crippen LogP contribution in [0.2, 0.25) is 5.02 Å². The van der Waals surface area contributed by atoms with Crippen LogP contribution < -0.4 is 11.1 Å². The normalized spacial score (nSPS) is 15.1. The number of hydrogen-bond acceptors (Lipinski definition) is 6. The van der Waals surface area contributed by atoms with Gasteiger partial charge in [-0.2, -0.15) is 0 Å². The number of carbonyl (C=O) groups is 1. The third-order valence-electron chi connectivity index (χ3n) is 5.87. The van der Waals surface area contributed by atoms with Crippen LogP contribution in [0, 0.1) is 17.1 Å². The number of ether oxygens (including phenoxy) is 1. The van der Waals surface area contributed by atoms with E-state index in [2.05, 4.69) is 15.3 Å². The summed E-state index contributed by atoms with van der Waals surface area (Å²) in [5.41, 5.74) is 7.73. The molecule has 0 radical (unpaired) electrons. The van der Waals surface area contributed by atoms with E-state index in [1.165, 1.54) is 18.2 Å². The number of allylic oxidation sites excluding steroid dienone is 1. The van der Waals surface area contributed by atoms with Gasteiger partial charge in [-0.25, -0.2) is 14.4 Å². The molecule has 1 saturated heterocycles. The first-order valence-corrected chi connectivity index (χ1v) is 12.4. The molecule has 190 valence electrons. The van der Waals surface area contributed by atoms with Crippen LogP contribution in [0.5, 0.6) is 0 Å². The number of halogens is 2. The highest BCUT2D eigenvalue weighted by atomic mass is 35.5. The van der Waals surface area contributed by atoms with Gasteiger partial charge in [-0.3, -0.25) is 4.79 Å². The van der Waals surface area contributed by atoms with Crippen LogP contribution in [-0.4, -0.2) is 35.3 Å². The average Bonchev–Trinajstić information content (AvgIpc) is 2.90. The molecule has 0 saturated carbocycles. The van der Waals surface area contributed by atoms with E-state index in [1.807, 2.05) is 13.8 Å². The second-order valence-electron chi connectivity index (χ2n) is 8.23. The van der Waals surface area contributed by atoms with Gasteiger partial charge in [0, 0.05) is 48.7 Å². The van der Waals surface area contributed by atoms with Crippen LogP contribution in [0.25, 0.3) is 10.9 Å². The molecule has 7 nitrogen and oxygen atoms in total. The molecule has 0 spiro atoms. The molecule has 4 N–H and O–H groups in total. The van der Waals surface area contributed by atoms with Crippen molar-refractivity contribution in [3.63, 3.8) is 0 Å². The summed E-state index contributed by atoms with van der Waals surface area (Å²) in [6.07, 6.45) is 6.86. The van der Waals surface area contributed by atoms with Crippen molar-refractivity contribution in [2.24, 2.45) is 11.7 Å². The molecule has 1 aliphatic rings. The minimum atomic E-state index is -0.842. The Morgan fingerprint density at radius 1 is 1.28 bits per heavy atom. The first-order valence-electron chi connectivity index (χ1n) is 12.0. The molecule has 0 bridgehead atoms. The molecule has 36 heavy (non-hydrogen) atoms. The Hall–Kier alpha value is -3.36. The van der Waals surface area contributed by atoms with Gasteiger partial charge < -0.3 is 21.2 Å². The Labute approximate surface area is 215 Å². The number of benzene rings is 2. The number of nitrogens with two attached hydrogens (primary N) is 1. The van der Waals surface area contributed by atoms with Crippen LogP contribution in [-0.2, 0) is 11.2 Å². The molecule has 0 aliphatic carbocycles. The van der Waals surface area contributed by atoms with Gasteiger partial charge in [-0.1, -0.05) is 37.6 Å². The monoisotopic (exact) mass is 511 g/mol. The lowest BCUT2D eigenvalue weighted by Gasteiger charge is -2.21.